The van der Waals surface area contributed by atoms with Gasteiger partial charge in [0.2, 0.25) is 0 Å². The third-order valence-corrected chi connectivity index (χ3v) is 9.86. The largest absolute Gasteiger partial charge is 0.497 e. The van der Waals surface area contributed by atoms with Crippen molar-refractivity contribution in [2.75, 3.05) is 50.0 Å². The van der Waals surface area contributed by atoms with Crippen molar-refractivity contribution in [1.82, 2.24) is 9.88 Å². The number of methoxy groups -OCH3 is 1. The molecule has 1 aliphatic heterocycles. The molecule has 0 N–H and O–H groups in total. The Labute approximate surface area is 231 Å². The molecule has 0 atom stereocenters. The summed E-state index contributed by atoms with van der Waals surface area (Å²) in [6, 6.07) is 7.72. The molecule has 0 radical (unpaired) electrons. The average molecular weight is 585 g/mol. The van der Waals surface area contributed by atoms with Gasteiger partial charge < -0.3 is 14.5 Å². The first-order chi connectivity index (χ1) is 17.8. The first-order valence-corrected chi connectivity index (χ1v) is 14.7. The highest BCUT2D eigenvalue weighted by Crippen LogP contribution is 2.43. The molecule has 1 aromatic heterocycles. The van der Waals surface area contributed by atoms with Crippen LogP contribution in [0.1, 0.15) is 19.4 Å². The highest BCUT2D eigenvalue weighted by Gasteiger charge is 2.42. The van der Waals surface area contributed by atoms with Crippen molar-refractivity contribution in [1.29, 1.82) is 0 Å². The Hall–Kier alpha value is -2.47. The van der Waals surface area contributed by atoms with E-state index < -0.39 is 31.6 Å². The number of hydrogen-bond acceptors (Lipinski definition) is 7. The highest BCUT2D eigenvalue weighted by molar-refractivity contribution is 7.93. The van der Waals surface area contributed by atoms with Crippen LogP contribution in [0, 0.1) is 23.0 Å². The predicted molar refractivity (Wildman–Crippen MR) is 148 cm³/mol. The zero-order valence-electron chi connectivity index (χ0n) is 21.9. The van der Waals surface area contributed by atoms with Crippen molar-refractivity contribution in [3.8, 4) is 5.75 Å². The van der Waals surface area contributed by atoms with Crippen LogP contribution in [0.4, 0.5) is 19.6 Å². The molecule has 206 valence electrons. The van der Waals surface area contributed by atoms with E-state index in [1.807, 2.05) is 14.1 Å². The average Bonchev–Trinajstić information content (AvgIpc) is 3.33. The molecular formula is C26H31ClF2N4O3S2. The Bertz CT molecular complexity index is 1380. The molecule has 0 bridgehead atoms. The second kappa shape index (κ2) is 11.0. The lowest BCUT2D eigenvalue weighted by Crippen LogP contribution is -2.55. The minimum atomic E-state index is -4.71. The van der Waals surface area contributed by atoms with E-state index >= 15 is 8.78 Å². The van der Waals surface area contributed by atoms with Crippen molar-refractivity contribution in [2.45, 2.75) is 25.3 Å². The second-order valence-electron chi connectivity index (χ2n) is 10.3. The molecule has 1 fully saturated rings. The van der Waals surface area contributed by atoms with Crippen molar-refractivity contribution < 1.29 is 21.9 Å². The molecule has 7 nitrogen and oxygen atoms in total. The molecule has 3 aromatic rings. The number of thiazole rings is 1. The van der Waals surface area contributed by atoms with E-state index in [-0.39, 0.29) is 22.8 Å². The van der Waals surface area contributed by atoms with E-state index in [1.165, 1.54) is 13.3 Å². The van der Waals surface area contributed by atoms with Gasteiger partial charge >= 0.3 is 0 Å². The summed E-state index contributed by atoms with van der Waals surface area (Å²) in [6.45, 7) is 6.11. The number of nitrogens with zero attached hydrogens (tertiary/aromatic N) is 4. The molecule has 0 spiro atoms. The van der Waals surface area contributed by atoms with Gasteiger partial charge in [0.1, 0.15) is 16.6 Å². The number of benzene rings is 2. The number of sulfonamides is 1. The number of halogens is 3. The fourth-order valence-electron chi connectivity index (χ4n) is 4.75. The van der Waals surface area contributed by atoms with Crippen LogP contribution >= 0.6 is 22.9 Å². The van der Waals surface area contributed by atoms with Crippen LogP contribution in [-0.4, -0.2) is 59.1 Å². The van der Waals surface area contributed by atoms with E-state index in [0.717, 1.165) is 28.3 Å². The van der Waals surface area contributed by atoms with Crippen LogP contribution in [0.3, 0.4) is 0 Å². The Morgan fingerprint density at radius 1 is 1.21 bits per heavy atom. The molecule has 0 aliphatic carbocycles. The van der Waals surface area contributed by atoms with Gasteiger partial charge in [-0.2, -0.15) is 0 Å². The summed E-state index contributed by atoms with van der Waals surface area (Å²) in [5.41, 5.74) is 0.719. The standard InChI is InChI=1S/C26H31ClF2N4O3S2/c1-26(2,16-31(3)4)18-14-32(15-18)21-12-20(28)24(23(29)22(21)27)38(34,35)33(25-30-10-11-37-25)13-17-6-8-19(36-5)9-7-17/h6-12,18H,13-16H2,1-5H3. The zero-order chi connectivity index (χ0) is 27.8. The molecule has 1 saturated heterocycles. The van der Waals surface area contributed by atoms with Gasteiger partial charge in [0, 0.05) is 43.2 Å². The van der Waals surface area contributed by atoms with Crippen molar-refractivity contribution in [3.63, 3.8) is 0 Å². The Kier molecular flexibility index (Phi) is 8.23. The molecule has 0 saturated carbocycles. The topological polar surface area (TPSA) is 66.0 Å². The van der Waals surface area contributed by atoms with Gasteiger partial charge in [-0.1, -0.05) is 37.6 Å². The number of anilines is 2. The van der Waals surface area contributed by atoms with Crippen LogP contribution in [0.2, 0.25) is 5.02 Å². The van der Waals surface area contributed by atoms with E-state index in [1.54, 1.807) is 34.5 Å². The van der Waals surface area contributed by atoms with Crippen molar-refractivity contribution in [2.24, 2.45) is 11.3 Å². The molecule has 1 aliphatic rings. The molecule has 0 amide bonds. The van der Waals surface area contributed by atoms with Crippen LogP contribution in [0.5, 0.6) is 5.75 Å². The molecule has 0 unspecified atom stereocenters. The summed E-state index contributed by atoms with van der Waals surface area (Å²) < 4.78 is 64.6. The smallest absolute Gasteiger partial charge is 0.272 e. The second-order valence-corrected chi connectivity index (χ2v) is 13.4. The van der Waals surface area contributed by atoms with Gasteiger partial charge in [-0.05, 0) is 37.2 Å². The first kappa shape index (κ1) is 28.5. The Morgan fingerprint density at radius 3 is 2.42 bits per heavy atom. The van der Waals surface area contributed by atoms with Gasteiger partial charge in [0.05, 0.1) is 19.3 Å². The number of aromatic nitrogens is 1. The lowest BCUT2D eigenvalue weighted by molar-refractivity contribution is 0.125. The summed E-state index contributed by atoms with van der Waals surface area (Å²) in [7, 11) is 0.815. The van der Waals surface area contributed by atoms with Crippen LogP contribution < -0.4 is 13.9 Å². The first-order valence-electron chi connectivity index (χ1n) is 12.0. The molecule has 38 heavy (non-hydrogen) atoms. The van der Waals surface area contributed by atoms with E-state index in [0.29, 0.717) is 30.3 Å². The van der Waals surface area contributed by atoms with Gasteiger partial charge in [-0.25, -0.2) is 26.5 Å². The van der Waals surface area contributed by atoms with Crippen LogP contribution in [0.25, 0.3) is 0 Å². The van der Waals surface area contributed by atoms with Gasteiger partial charge in [0.15, 0.2) is 15.8 Å². The maximum absolute atomic E-state index is 15.6. The van der Waals surface area contributed by atoms with Crippen LogP contribution in [0.15, 0.2) is 46.8 Å². The summed E-state index contributed by atoms with van der Waals surface area (Å²) in [5.74, 6) is -1.63. The summed E-state index contributed by atoms with van der Waals surface area (Å²) in [5, 5.41) is 1.25. The lowest BCUT2D eigenvalue weighted by atomic mass is 9.74. The van der Waals surface area contributed by atoms with Crippen molar-refractivity contribution in [3.05, 3.63) is 64.1 Å². The van der Waals surface area contributed by atoms with E-state index in [2.05, 4.69) is 23.7 Å². The maximum atomic E-state index is 15.6. The minimum absolute atomic E-state index is 0.0114. The molecule has 2 aromatic carbocycles. The molecule has 4 rings (SSSR count). The highest BCUT2D eigenvalue weighted by atomic mass is 35.5. The fourth-order valence-corrected chi connectivity index (χ4v) is 7.47. The summed E-state index contributed by atoms with van der Waals surface area (Å²) >= 11 is 7.40. The van der Waals surface area contributed by atoms with Gasteiger partial charge in [-0.3, -0.25) is 0 Å². The van der Waals surface area contributed by atoms with Crippen LogP contribution in [-0.2, 0) is 16.6 Å². The quantitative estimate of drug-likeness (QED) is 0.293. The number of ether oxygens (including phenoxy) is 1. The monoisotopic (exact) mass is 584 g/mol. The summed E-state index contributed by atoms with van der Waals surface area (Å²) in [6.07, 6.45) is 1.43. The van der Waals surface area contributed by atoms with Crippen molar-refractivity contribution >= 4 is 43.8 Å². The zero-order valence-corrected chi connectivity index (χ0v) is 24.3. The number of hydrogen-bond donors (Lipinski definition) is 0. The summed E-state index contributed by atoms with van der Waals surface area (Å²) in [4.78, 5) is 6.88. The normalized spacial score (nSPS) is 14.6. The minimum Gasteiger partial charge on any atom is -0.497 e. The molecule has 12 heteroatoms. The SMILES string of the molecule is COc1ccc(CN(c2nccs2)S(=O)(=O)c2c(F)cc(N3CC(C(C)(C)CN(C)C)C3)c(Cl)c2F)cc1. The fraction of sp³-hybridized carbons (Fsp3) is 0.423. The van der Waals surface area contributed by atoms with E-state index in [9.17, 15) is 8.42 Å². The third-order valence-electron chi connectivity index (χ3n) is 6.81. The van der Waals surface area contributed by atoms with Gasteiger partial charge in [0.25, 0.3) is 10.0 Å². The number of rotatable bonds is 10. The maximum Gasteiger partial charge on any atom is 0.272 e. The van der Waals surface area contributed by atoms with E-state index in [4.69, 9.17) is 16.3 Å². The lowest BCUT2D eigenvalue weighted by Gasteiger charge is -2.50. The third kappa shape index (κ3) is 5.61. The Balaban J connectivity index is 1.65. The Morgan fingerprint density at radius 2 is 1.87 bits per heavy atom. The molecular weight excluding hydrogens is 554 g/mol. The van der Waals surface area contributed by atoms with Gasteiger partial charge in [-0.15, -0.1) is 11.3 Å². The predicted octanol–water partition coefficient (Wildman–Crippen LogP) is 5.50. The molecule has 2 heterocycles.